The molecule has 0 aliphatic carbocycles. The summed E-state index contributed by atoms with van der Waals surface area (Å²) in [7, 11) is 3.10. The predicted molar refractivity (Wildman–Crippen MR) is 116 cm³/mol. The summed E-state index contributed by atoms with van der Waals surface area (Å²) in [5, 5.41) is 17.2. The molecule has 0 spiro atoms. The number of carbonyl (C=O) groups excluding carboxylic acids is 1. The van der Waals surface area contributed by atoms with Crippen LogP contribution in [0.3, 0.4) is 0 Å². The molecular formula is C22H21N5O5. The molecule has 2 heterocycles. The Morgan fingerprint density at radius 1 is 1.16 bits per heavy atom. The van der Waals surface area contributed by atoms with E-state index in [1.807, 2.05) is 19.1 Å². The van der Waals surface area contributed by atoms with Gasteiger partial charge >= 0.3 is 6.03 Å². The molecule has 0 radical (unpaired) electrons. The quantitative estimate of drug-likeness (QED) is 0.458. The monoisotopic (exact) mass is 435 g/mol. The third-order valence-electron chi connectivity index (χ3n) is 5.28. The number of nitrogens with zero attached hydrogens (tertiary/aromatic N) is 5. The molecule has 10 heteroatoms. The number of nitro benzene ring substituents is 1. The molecule has 4 rings (SSSR count). The first kappa shape index (κ1) is 21.0. The number of aromatic nitrogens is 2. The highest BCUT2D eigenvalue weighted by molar-refractivity contribution is 6.14. The molecular weight excluding hydrogens is 414 g/mol. The van der Waals surface area contributed by atoms with Gasteiger partial charge in [0, 0.05) is 35.7 Å². The molecule has 32 heavy (non-hydrogen) atoms. The number of hydrazone groups is 1. The zero-order chi connectivity index (χ0) is 22.8. The van der Waals surface area contributed by atoms with E-state index in [1.54, 1.807) is 32.5 Å². The SMILES string of the molecule is COc1cc2c(cc1OC)C(c1ccc([N+](=O)[O-])cc1)=NN(C(=O)n1ccnc1)[C@H](C)C2. The van der Waals surface area contributed by atoms with Gasteiger partial charge in [0.1, 0.15) is 6.33 Å². The number of amides is 1. The molecule has 0 saturated carbocycles. The number of methoxy groups -OCH3 is 2. The van der Waals surface area contributed by atoms with Crippen LogP contribution < -0.4 is 9.47 Å². The number of benzene rings is 2. The molecule has 1 aliphatic heterocycles. The van der Waals surface area contributed by atoms with Gasteiger partial charge in [0.25, 0.3) is 5.69 Å². The van der Waals surface area contributed by atoms with Gasteiger partial charge in [-0.15, -0.1) is 0 Å². The van der Waals surface area contributed by atoms with Crippen molar-refractivity contribution in [3.05, 3.63) is 81.9 Å². The largest absolute Gasteiger partial charge is 0.493 e. The van der Waals surface area contributed by atoms with Crippen molar-refractivity contribution in [1.82, 2.24) is 14.6 Å². The van der Waals surface area contributed by atoms with E-state index in [0.29, 0.717) is 29.2 Å². The first-order valence-electron chi connectivity index (χ1n) is 9.83. The Morgan fingerprint density at radius 2 is 1.84 bits per heavy atom. The number of fused-ring (bicyclic) bond motifs is 1. The maximum absolute atomic E-state index is 13.1. The van der Waals surface area contributed by atoms with Crippen LogP contribution in [-0.2, 0) is 6.42 Å². The van der Waals surface area contributed by atoms with Gasteiger partial charge in [0.2, 0.25) is 0 Å². The molecule has 164 valence electrons. The fourth-order valence-corrected chi connectivity index (χ4v) is 3.65. The smallest absolute Gasteiger partial charge is 0.350 e. The number of nitro groups is 1. The Labute approximate surface area is 183 Å². The molecule has 3 aromatic rings. The zero-order valence-electron chi connectivity index (χ0n) is 17.8. The number of non-ortho nitro benzene ring substituents is 1. The van der Waals surface area contributed by atoms with Crippen molar-refractivity contribution >= 4 is 17.4 Å². The Bertz CT molecular complexity index is 1190. The Balaban J connectivity index is 1.90. The van der Waals surface area contributed by atoms with Gasteiger partial charge in [0.15, 0.2) is 11.5 Å². The highest BCUT2D eigenvalue weighted by Crippen LogP contribution is 2.35. The van der Waals surface area contributed by atoms with Gasteiger partial charge in [-0.05, 0) is 43.2 Å². The highest BCUT2D eigenvalue weighted by atomic mass is 16.6. The summed E-state index contributed by atoms with van der Waals surface area (Å²) in [6.07, 6.45) is 5.00. The number of hydrogen-bond acceptors (Lipinski definition) is 7. The number of ether oxygens (including phenoxy) is 2. The van der Waals surface area contributed by atoms with E-state index in [4.69, 9.17) is 14.6 Å². The fraction of sp³-hybridized carbons (Fsp3) is 0.227. The molecule has 0 N–H and O–H groups in total. The molecule has 0 unspecified atom stereocenters. The van der Waals surface area contributed by atoms with Gasteiger partial charge in [-0.25, -0.2) is 14.8 Å². The zero-order valence-corrected chi connectivity index (χ0v) is 17.8. The van der Waals surface area contributed by atoms with E-state index in [2.05, 4.69) is 4.98 Å². The average molecular weight is 435 g/mol. The second kappa shape index (κ2) is 8.50. The predicted octanol–water partition coefficient (Wildman–Crippen LogP) is 3.48. The van der Waals surface area contributed by atoms with Crippen molar-refractivity contribution < 1.29 is 19.2 Å². The van der Waals surface area contributed by atoms with Crippen LogP contribution >= 0.6 is 0 Å². The molecule has 1 atom stereocenters. The molecule has 1 aromatic heterocycles. The van der Waals surface area contributed by atoms with E-state index in [0.717, 1.165) is 11.1 Å². The van der Waals surface area contributed by atoms with Gasteiger partial charge in [-0.2, -0.15) is 5.10 Å². The van der Waals surface area contributed by atoms with Gasteiger partial charge in [0.05, 0.1) is 30.9 Å². The van der Waals surface area contributed by atoms with Crippen LogP contribution in [-0.4, -0.2) is 51.5 Å². The number of carbonyl (C=O) groups is 1. The Hall–Kier alpha value is -4.21. The summed E-state index contributed by atoms with van der Waals surface area (Å²) in [5.74, 6) is 1.08. The normalized spacial score (nSPS) is 15.4. The van der Waals surface area contributed by atoms with E-state index in [-0.39, 0.29) is 17.8 Å². The molecule has 0 bridgehead atoms. The molecule has 0 fully saturated rings. The van der Waals surface area contributed by atoms with Crippen molar-refractivity contribution in [2.75, 3.05) is 14.2 Å². The lowest BCUT2D eigenvalue weighted by molar-refractivity contribution is -0.384. The van der Waals surface area contributed by atoms with Crippen LogP contribution in [0.4, 0.5) is 10.5 Å². The van der Waals surface area contributed by atoms with Crippen molar-refractivity contribution in [1.29, 1.82) is 0 Å². The molecule has 1 amide bonds. The Morgan fingerprint density at radius 3 is 2.44 bits per heavy atom. The molecule has 2 aromatic carbocycles. The lowest BCUT2D eigenvalue weighted by Crippen LogP contribution is -2.37. The standard InChI is InChI=1S/C22H21N5O5/c1-14-10-16-11-19(31-2)20(32-3)12-18(16)21(15-4-6-17(7-5-15)27(29)30)24-26(14)22(28)25-9-8-23-13-25/h4-9,11-14H,10H2,1-3H3/t14-/m1/s1. The maximum Gasteiger partial charge on any atom is 0.350 e. The minimum absolute atomic E-state index is 0.0322. The van der Waals surface area contributed by atoms with Crippen molar-refractivity contribution in [2.24, 2.45) is 5.10 Å². The van der Waals surface area contributed by atoms with Gasteiger partial charge < -0.3 is 9.47 Å². The van der Waals surface area contributed by atoms with E-state index < -0.39 is 4.92 Å². The second-order valence-electron chi connectivity index (χ2n) is 7.27. The van der Waals surface area contributed by atoms with Crippen LogP contribution in [0, 0.1) is 10.1 Å². The van der Waals surface area contributed by atoms with Crippen LogP contribution in [0.1, 0.15) is 23.6 Å². The van der Waals surface area contributed by atoms with Crippen LogP contribution in [0.5, 0.6) is 11.5 Å². The third kappa shape index (κ3) is 3.78. The minimum Gasteiger partial charge on any atom is -0.493 e. The van der Waals surface area contributed by atoms with Crippen molar-refractivity contribution in [2.45, 2.75) is 19.4 Å². The summed E-state index contributed by atoms with van der Waals surface area (Å²) in [6.45, 7) is 1.90. The maximum atomic E-state index is 13.1. The average Bonchev–Trinajstić information content (AvgIpc) is 3.30. The second-order valence-corrected chi connectivity index (χ2v) is 7.27. The van der Waals surface area contributed by atoms with Crippen molar-refractivity contribution in [3.63, 3.8) is 0 Å². The Kier molecular flexibility index (Phi) is 5.59. The van der Waals surface area contributed by atoms with E-state index >= 15 is 0 Å². The third-order valence-corrected chi connectivity index (χ3v) is 5.28. The minimum atomic E-state index is -0.461. The van der Waals surface area contributed by atoms with Gasteiger partial charge in [-0.1, -0.05) is 0 Å². The molecule has 10 nitrogen and oxygen atoms in total. The fourth-order valence-electron chi connectivity index (χ4n) is 3.65. The number of imidazole rings is 1. The van der Waals surface area contributed by atoms with Gasteiger partial charge in [-0.3, -0.25) is 14.7 Å². The van der Waals surface area contributed by atoms with Crippen molar-refractivity contribution in [3.8, 4) is 11.5 Å². The number of hydrogen-bond donors (Lipinski definition) is 0. The summed E-state index contributed by atoms with van der Waals surface area (Å²) >= 11 is 0. The topological polar surface area (TPSA) is 112 Å². The summed E-state index contributed by atoms with van der Waals surface area (Å²) < 4.78 is 12.3. The first-order valence-corrected chi connectivity index (χ1v) is 9.83. The molecule has 1 aliphatic rings. The van der Waals surface area contributed by atoms with Crippen LogP contribution in [0.2, 0.25) is 0 Å². The number of rotatable bonds is 4. The van der Waals surface area contributed by atoms with Crippen LogP contribution in [0.25, 0.3) is 0 Å². The van der Waals surface area contributed by atoms with Crippen LogP contribution in [0.15, 0.2) is 60.2 Å². The van der Waals surface area contributed by atoms with E-state index in [1.165, 1.54) is 34.2 Å². The summed E-state index contributed by atoms with van der Waals surface area (Å²) in [6, 6.07) is 9.10. The lowest BCUT2D eigenvalue weighted by atomic mass is 9.94. The van der Waals surface area contributed by atoms with E-state index in [9.17, 15) is 14.9 Å². The lowest BCUT2D eigenvalue weighted by Gasteiger charge is -2.23. The first-order chi connectivity index (χ1) is 15.4. The summed E-state index contributed by atoms with van der Waals surface area (Å²) in [5.41, 5.74) is 2.75. The summed E-state index contributed by atoms with van der Waals surface area (Å²) in [4.78, 5) is 27.7. The highest BCUT2D eigenvalue weighted by Gasteiger charge is 2.29. The molecule has 0 saturated heterocycles.